The summed E-state index contributed by atoms with van der Waals surface area (Å²) >= 11 is 11.7. The van der Waals surface area contributed by atoms with Gasteiger partial charge in [-0.05, 0) is 29.8 Å². The molecule has 0 fully saturated rings. The zero-order valence-electron chi connectivity index (χ0n) is 10.6. The normalized spacial score (nSPS) is 10.8. The van der Waals surface area contributed by atoms with Gasteiger partial charge in [-0.2, -0.15) is 0 Å². The number of carbonyl (C=O) groups is 1. The summed E-state index contributed by atoms with van der Waals surface area (Å²) in [6.07, 6.45) is 2.79. The average molecular weight is 322 g/mol. The third-order valence-corrected chi connectivity index (χ3v) is 3.48. The lowest BCUT2D eigenvalue weighted by molar-refractivity contribution is -0.385. The molecule has 0 amide bonds. The number of halogens is 2. The maximum atomic E-state index is 12.0. The van der Waals surface area contributed by atoms with Crippen LogP contribution in [0.4, 0.5) is 5.69 Å². The highest BCUT2D eigenvalue weighted by Crippen LogP contribution is 2.23. The van der Waals surface area contributed by atoms with Crippen LogP contribution in [0.25, 0.3) is 6.08 Å². The van der Waals surface area contributed by atoms with Crippen LogP contribution in [0.15, 0.2) is 48.5 Å². The van der Waals surface area contributed by atoms with Crippen molar-refractivity contribution in [2.75, 3.05) is 0 Å². The first-order valence-corrected chi connectivity index (χ1v) is 6.65. The van der Waals surface area contributed by atoms with Crippen molar-refractivity contribution >= 4 is 40.7 Å². The third kappa shape index (κ3) is 3.68. The van der Waals surface area contributed by atoms with Crippen LogP contribution >= 0.6 is 23.2 Å². The number of allylic oxidation sites excluding steroid dienone is 1. The molecule has 0 saturated heterocycles. The Bertz CT molecular complexity index is 741. The first-order chi connectivity index (χ1) is 9.99. The molecule has 0 heterocycles. The molecule has 0 aliphatic carbocycles. The first kappa shape index (κ1) is 15.2. The lowest BCUT2D eigenvalue weighted by atomic mass is 10.1. The zero-order valence-corrected chi connectivity index (χ0v) is 12.1. The highest BCUT2D eigenvalue weighted by atomic mass is 35.5. The van der Waals surface area contributed by atoms with Gasteiger partial charge >= 0.3 is 0 Å². The van der Waals surface area contributed by atoms with E-state index in [2.05, 4.69) is 0 Å². The van der Waals surface area contributed by atoms with Gasteiger partial charge in [0.2, 0.25) is 0 Å². The van der Waals surface area contributed by atoms with E-state index in [4.69, 9.17) is 23.2 Å². The SMILES string of the molecule is O=C(C=Cc1ccc(Cl)c(Cl)c1)c1ccccc1[N+](=O)[O-]. The van der Waals surface area contributed by atoms with Crippen molar-refractivity contribution in [3.05, 3.63) is 79.8 Å². The van der Waals surface area contributed by atoms with Gasteiger partial charge in [-0.15, -0.1) is 0 Å². The van der Waals surface area contributed by atoms with Crippen molar-refractivity contribution < 1.29 is 9.72 Å². The third-order valence-electron chi connectivity index (χ3n) is 2.74. The minimum atomic E-state index is -0.583. The molecule has 0 aromatic heterocycles. The van der Waals surface area contributed by atoms with Gasteiger partial charge in [-0.25, -0.2) is 0 Å². The molecule has 0 aliphatic heterocycles. The molecule has 0 N–H and O–H groups in total. The molecule has 0 unspecified atom stereocenters. The predicted octanol–water partition coefficient (Wildman–Crippen LogP) is 4.80. The smallest absolute Gasteiger partial charge is 0.280 e. The fourth-order valence-electron chi connectivity index (χ4n) is 1.72. The molecule has 0 saturated carbocycles. The Balaban J connectivity index is 2.27. The van der Waals surface area contributed by atoms with E-state index < -0.39 is 10.7 Å². The number of benzene rings is 2. The second kappa shape index (κ2) is 6.52. The Labute approximate surface area is 130 Å². The molecule has 106 valence electrons. The molecular formula is C15H9Cl2NO3. The van der Waals surface area contributed by atoms with Gasteiger partial charge in [0.05, 0.1) is 20.5 Å². The molecule has 0 atom stereocenters. The molecule has 0 bridgehead atoms. The molecule has 21 heavy (non-hydrogen) atoms. The van der Waals surface area contributed by atoms with E-state index >= 15 is 0 Å². The minimum absolute atomic E-state index is 0.0406. The van der Waals surface area contributed by atoms with Crippen LogP contribution in [0, 0.1) is 10.1 Å². The Morgan fingerprint density at radius 2 is 1.81 bits per heavy atom. The topological polar surface area (TPSA) is 60.2 Å². The van der Waals surface area contributed by atoms with Crippen LogP contribution in [-0.2, 0) is 0 Å². The number of para-hydroxylation sites is 1. The van der Waals surface area contributed by atoms with Crippen molar-refractivity contribution in [2.45, 2.75) is 0 Å². The van der Waals surface area contributed by atoms with Crippen molar-refractivity contribution in [3.63, 3.8) is 0 Å². The van der Waals surface area contributed by atoms with E-state index in [1.54, 1.807) is 24.3 Å². The van der Waals surface area contributed by atoms with E-state index in [1.165, 1.54) is 30.4 Å². The fourth-order valence-corrected chi connectivity index (χ4v) is 2.03. The van der Waals surface area contributed by atoms with Gasteiger partial charge in [0.15, 0.2) is 5.78 Å². The summed E-state index contributed by atoms with van der Waals surface area (Å²) in [5.41, 5.74) is 0.497. The van der Waals surface area contributed by atoms with Crippen molar-refractivity contribution in [2.24, 2.45) is 0 Å². The highest BCUT2D eigenvalue weighted by molar-refractivity contribution is 6.42. The highest BCUT2D eigenvalue weighted by Gasteiger charge is 2.16. The number of carbonyl (C=O) groups excluding carboxylic acids is 1. The lowest BCUT2D eigenvalue weighted by Gasteiger charge is -1.99. The minimum Gasteiger partial charge on any atom is -0.289 e. The maximum Gasteiger partial charge on any atom is 0.280 e. The molecule has 0 spiro atoms. The van der Waals surface area contributed by atoms with Gasteiger partial charge in [0, 0.05) is 6.07 Å². The van der Waals surface area contributed by atoms with Gasteiger partial charge in [-0.1, -0.05) is 47.5 Å². The van der Waals surface area contributed by atoms with Crippen molar-refractivity contribution in [1.82, 2.24) is 0 Å². The molecule has 0 aliphatic rings. The van der Waals surface area contributed by atoms with E-state index in [-0.39, 0.29) is 11.3 Å². The van der Waals surface area contributed by atoms with E-state index in [1.807, 2.05) is 0 Å². The molecule has 0 radical (unpaired) electrons. The summed E-state index contributed by atoms with van der Waals surface area (Å²) < 4.78 is 0. The number of nitro benzene ring substituents is 1. The van der Waals surface area contributed by atoms with Crippen LogP contribution in [0.2, 0.25) is 10.0 Å². The van der Waals surface area contributed by atoms with Crippen molar-refractivity contribution in [1.29, 1.82) is 0 Å². The van der Waals surface area contributed by atoms with E-state index in [0.29, 0.717) is 15.6 Å². The Morgan fingerprint density at radius 3 is 2.48 bits per heavy atom. The van der Waals surface area contributed by atoms with Gasteiger partial charge < -0.3 is 0 Å². The second-order valence-corrected chi connectivity index (χ2v) is 4.96. The lowest BCUT2D eigenvalue weighted by Crippen LogP contribution is -2.00. The largest absolute Gasteiger partial charge is 0.289 e. The predicted molar refractivity (Wildman–Crippen MR) is 82.9 cm³/mol. The molecule has 2 aromatic carbocycles. The summed E-state index contributed by atoms with van der Waals surface area (Å²) in [7, 11) is 0. The summed E-state index contributed by atoms with van der Waals surface area (Å²) in [4.78, 5) is 22.3. The summed E-state index contributed by atoms with van der Waals surface area (Å²) in [5, 5.41) is 11.7. The standard InChI is InChI=1S/C15H9Cl2NO3/c16-12-7-5-10(9-13(12)17)6-8-15(19)11-3-1-2-4-14(11)18(20)21/h1-9H. The molecule has 6 heteroatoms. The molecule has 2 aromatic rings. The molecule has 4 nitrogen and oxygen atoms in total. The van der Waals surface area contributed by atoms with Gasteiger partial charge in [-0.3, -0.25) is 14.9 Å². The summed E-state index contributed by atoms with van der Waals surface area (Å²) in [6.45, 7) is 0. The van der Waals surface area contributed by atoms with E-state index in [9.17, 15) is 14.9 Å². The van der Waals surface area contributed by atoms with Crippen LogP contribution < -0.4 is 0 Å². The summed E-state index contributed by atoms with van der Waals surface area (Å²) in [5.74, 6) is -0.451. The number of rotatable bonds is 4. The monoisotopic (exact) mass is 321 g/mol. The summed E-state index contributed by atoms with van der Waals surface area (Å²) in [6, 6.07) is 10.7. The number of hydrogen-bond donors (Lipinski definition) is 0. The number of nitrogens with zero attached hydrogens (tertiary/aromatic N) is 1. The Morgan fingerprint density at radius 1 is 1.10 bits per heavy atom. The van der Waals surface area contributed by atoms with Crippen LogP contribution in [0.3, 0.4) is 0 Å². The van der Waals surface area contributed by atoms with Crippen molar-refractivity contribution in [3.8, 4) is 0 Å². The van der Waals surface area contributed by atoms with Gasteiger partial charge in [0.25, 0.3) is 5.69 Å². The average Bonchev–Trinajstić information content (AvgIpc) is 2.48. The second-order valence-electron chi connectivity index (χ2n) is 4.15. The van der Waals surface area contributed by atoms with E-state index in [0.717, 1.165) is 0 Å². The quantitative estimate of drug-likeness (QED) is 0.352. The Kier molecular flexibility index (Phi) is 4.73. The fraction of sp³-hybridized carbons (Fsp3) is 0. The maximum absolute atomic E-state index is 12.0. The van der Waals surface area contributed by atoms with Crippen LogP contribution in [-0.4, -0.2) is 10.7 Å². The number of hydrogen-bond acceptors (Lipinski definition) is 3. The zero-order chi connectivity index (χ0) is 15.4. The number of nitro groups is 1. The number of ketones is 1. The van der Waals surface area contributed by atoms with Gasteiger partial charge in [0.1, 0.15) is 0 Å². The Hall–Kier alpha value is -2.17. The van der Waals surface area contributed by atoms with Crippen LogP contribution in [0.1, 0.15) is 15.9 Å². The first-order valence-electron chi connectivity index (χ1n) is 5.90. The molecular weight excluding hydrogens is 313 g/mol. The molecule has 2 rings (SSSR count). The van der Waals surface area contributed by atoms with Crippen LogP contribution in [0.5, 0.6) is 0 Å².